The monoisotopic (exact) mass is 340 g/mol. The van der Waals surface area contributed by atoms with Crippen molar-refractivity contribution in [2.75, 3.05) is 7.11 Å². The van der Waals surface area contributed by atoms with Gasteiger partial charge in [-0.25, -0.2) is 0 Å². The molecule has 0 unspecified atom stereocenters. The lowest BCUT2D eigenvalue weighted by molar-refractivity contribution is -0.142. The maximum atomic E-state index is 13.5. The molecule has 2 rings (SSSR count). The Morgan fingerprint density at radius 3 is 2.42 bits per heavy atom. The molecule has 0 radical (unpaired) electrons. The molecule has 0 saturated heterocycles. The Morgan fingerprint density at radius 1 is 1.26 bits per heavy atom. The first-order valence-electron chi connectivity index (χ1n) is 4.77. The van der Waals surface area contributed by atoms with Gasteiger partial charge in [0.05, 0.1) is 7.11 Å². The minimum absolute atomic E-state index is 0.0119. The fourth-order valence-corrected chi connectivity index (χ4v) is 1.65. The zero-order valence-electron chi connectivity index (χ0n) is 9.26. The maximum absolute atomic E-state index is 13.5. The van der Waals surface area contributed by atoms with E-state index in [0.29, 0.717) is 4.67 Å². The van der Waals surface area contributed by atoms with Crippen LogP contribution in [0.25, 0.3) is 11.6 Å². The molecule has 0 aromatic carbocycles. The van der Waals surface area contributed by atoms with Gasteiger partial charge in [0.15, 0.2) is 16.0 Å². The fraction of sp³-hybridized carbons (Fsp3) is 0.200. The van der Waals surface area contributed by atoms with Crippen molar-refractivity contribution in [1.82, 2.24) is 9.97 Å². The molecule has 2 aromatic rings. The van der Waals surface area contributed by atoms with E-state index >= 15 is 0 Å². The smallest absolute Gasteiger partial charge is 0.426 e. The first-order chi connectivity index (χ1) is 8.82. The number of alkyl halides is 3. The molecule has 19 heavy (non-hydrogen) atoms. The lowest BCUT2D eigenvalue weighted by atomic mass is 10.3. The zero-order valence-corrected chi connectivity index (χ0v) is 10.8. The molecule has 0 amide bonds. The Hall–Kier alpha value is -1.64. The first kappa shape index (κ1) is 13.8. The Labute approximate surface area is 112 Å². The molecule has 0 saturated carbocycles. The summed E-state index contributed by atoms with van der Waals surface area (Å²) in [7, 11) is 0.957. The third-order valence-corrected chi connectivity index (χ3v) is 2.53. The van der Waals surface area contributed by atoms with Crippen molar-refractivity contribution >= 4 is 15.9 Å². The van der Waals surface area contributed by atoms with Crippen LogP contribution in [0.4, 0.5) is 17.6 Å². The largest absolute Gasteiger partial charge is 0.480 e. The molecule has 2 aromatic heterocycles. The summed E-state index contributed by atoms with van der Waals surface area (Å²) in [6, 6.07) is 2.85. The second-order valence-corrected chi connectivity index (χ2v) is 4.11. The summed E-state index contributed by atoms with van der Waals surface area (Å²) in [5, 5.41) is 0. The molecular formula is C10H5BrF4N2O2. The number of halogens is 5. The van der Waals surface area contributed by atoms with Gasteiger partial charge < -0.3 is 9.15 Å². The molecule has 2 heterocycles. The molecule has 0 fully saturated rings. The van der Waals surface area contributed by atoms with E-state index in [1.807, 2.05) is 0 Å². The quantitative estimate of drug-likeness (QED) is 0.618. The van der Waals surface area contributed by atoms with Crippen LogP contribution in [0.3, 0.4) is 0 Å². The number of furan rings is 1. The minimum atomic E-state index is -4.95. The van der Waals surface area contributed by atoms with Gasteiger partial charge in [0.25, 0.3) is 0 Å². The van der Waals surface area contributed by atoms with E-state index < -0.39 is 23.6 Å². The summed E-state index contributed by atoms with van der Waals surface area (Å²) in [5.41, 5.74) is -1.65. The van der Waals surface area contributed by atoms with Crippen LogP contribution in [-0.2, 0) is 6.18 Å². The lowest BCUT2D eigenvalue weighted by Gasteiger charge is -2.11. The number of rotatable bonds is 2. The van der Waals surface area contributed by atoms with E-state index in [1.54, 1.807) is 0 Å². The lowest BCUT2D eigenvalue weighted by Crippen LogP contribution is -2.14. The summed E-state index contributed by atoms with van der Waals surface area (Å²) in [6.07, 6.45) is -4.95. The Kier molecular flexibility index (Phi) is 3.48. The topological polar surface area (TPSA) is 48.2 Å². The van der Waals surface area contributed by atoms with Crippen LogP contribution in [0.5, 0.6) is 5.88 Å². The summed E-state index contributed by atoms with van der Waals surface area (Å²) in [4.78, 5) is 6.63. The maximum Gasteiger partial charge on any atom is 0.426 e. The Balaban J connectivity index is 2.60. The SMILES string of the molecule is COc1nc(-c2ccc(Br)o2)nc(F)c1C(F)(F)F. The van der Waals surface area contributed by atoms with Crippen molar-refractivity contribution in [3.63, 3.8) is 0 Å². The second kappa shape index (κ2) is 4.80. The highest BCUT2D eigenvalue weighted by Gasteiger charge is 2.40. The number of aromatic nitrogens is 2. The van der Waals surface area contributed by atoms with E-state index in [1.165, 1.54) is 12.1 Å². The predicted molar refractivity (Wildman–Crippen MR) is 58.9 cm³/mol. The molecule has 102 valence electrons. The number of ether oxygens (including phenoxy) is 1. The summed E-state index contributed by atoms with van der Waals surface area (Å²) < 4.78 is 61.1. The van der Waals surface area contributed by atoms with Gasteiger partial charge in [-0.3, -0.25) is 0 Å². The molecule has 0 aliphatic rings. The number of methoxy groups -OCH3 is 1. The van der Waals surface area contributed by atoms with E-state index in [2.05, 4.69) is 30.6 Å². The summed E-state index contributed by atoms with van der Waals surface area (Å²) in [6.45, 7) is 0. The van der Waals surface area contributed by atoms with Gasteiger partial charge in [0.1, 0.15) is 0 Å². The van der Waals surface area contributed by atoms with E-state index in [9.17, 15) is 17.6 Å². The fourth-order valence-electron chi connectivity index (χ4n) is 1.34. The van der Waals surface area contributed by atoms with Gasteiger partial charge in [-0.1, -0.05) is 0 Å². The molecular weight excluding hydrogens is 336 g/mol. The van der Waals surface area contributed by atoms with Crippen molar-refractivity contribution < 1.29 is 26.7 Å². The van der Waals surface area contributed by atoms with Crippen molar-refractivity contribution in [2.24, 2.45) is 0 Å². The number of hydrogen-bond acceptors (Lipinski definition) is 4. The predicted octanol–water partition coefficient (Wildman–Crippen LogP) is 3.67. The molecule has 0 spiro atoms. The standard InChI is InChI=1S/C10H5BrF4N2O2/c1-18-9-6(10(13,14)15)7(12)16-8(17-9)4-2-3-5(11)19-4/h2-3H,1H3. The van der Waals surface area contributed by atoms with Crippen LogP contribution in [-0.4, -0.2) is 17.1 Å². The van der Waals surface area contributed by atoms with Gasteiger partial charge in [-0.15, -0.1) is 0 Å². The zero-order chi connectivity index (χ0) is 14.2. The van der Waals surface area contributed by atoms with Crippen LogP contribution in [0.1, 0.15) is 5.56 Å². The van der Waals surface area contributed by atoms with Crippen molar-refractivity contribution in [2.45, 2.75) is 6.18 Å². The van der Waals surface area contributed by atoms with Gasteiger partial charge in [-0.05, 0) is 28.1 Å². The third kappa shape index (κ3) is 2.70. The molecule has 0 bridgehead atoms. The molecule has 9 heteroatoms. The highest BCUT2D eigenvalue weighted by atomic mass is 79.9. The van der Waals surface area contributed by atoms with Crippen LogP contribution in [0.2, 0.25) is 0 Å². The molecule has 0 aliphatic carbocycles. The Bertz CT molecular complexity index is 612. The van der Waals surface area contributed by atoms with Crippen LogP contribution < -0.4 is 4.74 Å². The van der Waals surface area contributed by atoms with E-state index in [4.69, 9.17) is 4.42 Å². The summed E-state index contributed by atoms with van der Waals surface area (Å²) in [5.74, 6) is -2.95. The first-order valence-corrected chi connectivity index (χ1v) is 5.56. The molecule has 0 N–H and O–H groups in total. The average Bonchev–Trinajstić information content (AvgIpc) is 2.73. The van der Waals surface area contributed by atoms with Crippen molar-refractivity contribution in [1.29, 1.82) is 0 Å². The van der Waals surface area contributed by atoms with Crippen molar-refractivity contribution in [3.05, 3.63) is 28.3 Å². The van der Waals surface area contributed by atoms with Gasteiger partial charge >= 0.3 is 6.18 Å². The number of nitrogens with zero attached hydrogens (tertiary/aromatic N) is 2. The van der Waals surface area contributed by atoms with Crippen LogP contribution in [0, 0.1) is 5.95 Å². The van der Waals surface area contributed by atoms with Gasteiger partial charge in [-0.2, -0.15) is 27.5 Å². The van der Waals surface area contributed by atoms with Gasteiger partial charge in [0.2, 0.25) is 17.7 Å². The highest BCUT2D eigenvalue weighted by molar-refractivity contribution is 9.10. The molecule has 4 nitrogen and oxygen atoms in total. The number of hydrogen-bond donors (Lipinski definition) is 0. The van der Waals surface area contributed by atoms with Crippen LogP contribution in [0.15, 0.2) is 21.2 Å². The van der Waals surface area contributed by atoms with E-state index in [-0.39, 0.29) is 11.6 Å². The molecule has 0 atom stereocenters. The van der Waals surface area contributed by atoms with Crippen LogP contribution >= 0.6 is 15.9 Å². The van der Waals surface area contributed by atoms with E-state index in [0.717, 1.165) is 7.11 Å². The third-order valence-electron chi connectivity index (χ3n) is 2.10. The summed E-state index contributed by atoms with van der Waals surface area (Å²) >= 11 is 3.00. The van der Waals surface area contributed by atoms with Crippen molar-refractivity contribution in [3.8, 4) is 17.5 Å². The Morgan fingerprint density at radius 2 is 1.95 bits per heavy atom. The molecule has 0 aliphatic heterocycles. The second-order valence-electron chi connectivity index (χ2n) is 3.32. The normalized spacial score (nSPS) is 11.7. The van der Waals surface area contributed by atoms with Gasteiger partial charge in [0, 0.05) is 0 Å². The minimum Gasteiger partial charge on any atom is -0.480 e. The highest BCUT2D eigenvalue weighted by Crippen LogP contribution is 2.37. The average molecular weight is 341 g/mol.